The lowest BCUT2D eigenvalue weighted by atomic mass is 9.97. The Kier molecular flexibility index (Phi) is 6.25. The number of hydrogen-bond donors (Lipinski definition) is 1. The van der Waals surface area contributed by atoms with Crippen LogP contribution in [0.3, 0.4) is 0 Å². The summed E-state index contributed by atoms with van der Waals surface area (Å²) in [4.78, 5) is 0. The van der Waals surface area contributed by atoms with Gasteiger partial charge in [-0.3, -0.25) is 0 Å². The van der Waals surface area contributed by atoms with Crippen LogP contribution >= 0.6 is 0 Å². The van der Waals surface area contributed by atoms with Crippen LogP contribution in [0, 0.1) is 5.92 Å². The minimum Gasteiger partial charge on any atom is -0.314 e. The molecule has 1 N–H and O–H groups in total. The molecule has 1 fully saturated rings. The van der Waals surface area contributed by atoms with E-state index in [-0.39, 0.29) is 0 Å². The smallest absolute Gasteiger partial charge is 0.00931 e. The van der Waals surface area contributed by atoms with E-state index in [1.807, 2.05) is 0 Å². The van der Waals surface area contributed by atoms with E-state index in [1.54, 1.807) is 0 Å². The normalized spacial score (nSPS) is 27.0. The standard InChI is InChI=1S/C13H27N/c1-3-4-5-6-7-8-9-13-12(2)10-11-14-13/h12-14H,3-11H2,1-2H3. The predicted octanol–water partition coefficient (Wildman–Crippen LogP) is 3.74. The maximum Gasteiger partial charge on any atom is 0.00931 e. The molecule has 1 heteroatoms. The molecular weight excluding hydrogens is 170 g/mol. The lowest BCUT2D eigenvalue weighted by Crippen LogP contribution is -2.25. The molecule has 1 saturated heterocycles. The first-order valence-electron chi connectivity index (χ1n) is 6.58. The molecule has 0 aromatic rings. The van der Waals surface area contributed by atoms with Gasteiger partial charge in [0.15, 0.2) is 0 Å². The Labute approximate surface area is 89.7 Å². The molecule has 0 aliphatic carbocycles. The van der Waals surface area contributed by atoms with Crippen molar-refractivity contribution in [1.29, 1.82) is 0 Å². The first-order valence-corrected chi connectivity index (χ1v) is 6.58. The van der Waals surface area contributed by atoms with Gasteiger partial charge in [-0.05, 0) is 25.3 Å². The van der Waals surface area contributed by atoms with Gasteiger partial charge in [0, 0.05) is 6.04 Å². The number of rotatable bonds is 7. The van der Waals surface area contributed by atoms with Crippen LogP contribution in [0.2, 0.25) is 0 Å². The van der Waals surface area contributed by atoms with E-state index in [1.165, 1.54) is 57.9 Å². The maximum absolute atomic E-state index is 3.61. The Hall–Kier alpha value is -0.0400. The van der Waals surface area contributed by atoms with Gasteiger partial charge >= 0.3 is 0 Å². The number of nitrogens with one attached hydrogen (secondary N) is 1. The van der Waals surface area contributed by atoms with Gasteiger partial charge in [0.25, 0.3) is 0 Å². The van der Waals surface area contributed by atoms with Crippen molar-refractivity contribution in [3.05, 3.63) is 0 Å². The summed E-state index contributed by atoms with van der Waals surface area (Å²) in [7, 11) is 0. The summed E-state index contributed by atoms with van der Waals surface area (Å²) in [6.07, 6.45) is 11.4. The zero-order valence-corrected chi connectivity index (χ0v) is 10.0. The third-order valence-corrected chi connectivity index (χ3v) is 3.56. The molecule has 1 nitrogen and oxygen atoms in total. The van der Waals surface area contributed by atoms with Crippen molar-refractivity contribution in [2.24, 2.45) is 5.92 Å². The van der Waals surface area contributed by atoms with Crippen LogP contribution in [0.4, 0.5) is 0 Å². The Morgan fingerprint density at radius 3 is 2.43 bits per heavy atom. The van der Waals surface area contributed by atoms with Crippen molar-refractivity contribution in [2.45, 2.75) is 71.3 Å². The largest absolute Gasteiger partial charge is 0.314 e. The molecule has 2 atom stereocenters. The quantitative estimate of drug-likeness (QED) is 0.613. The third-order valence-electron chi connectivity index (χ3n) is 3.56. The molecular formula is C13H27N. The zero-order valence-electron chi connectivity index (χ0n) is 10.0. The van der Waals surface area contributed by atoms with E-state index in [0.717, 1.165) is 12.0 Å². The fourth-order valence-corrected chi connectivity index (χ4v) is 2.43. The average Bonchev–Trinajstić information content (AvgIpc) is 2.58. The fraction of sp³-hybridized carbons (Fsp3) is 1.00. The van der Waals surface area contributed by atoms with Crippen LogP contribution in [0.1, 0.15) is 65.2 Å². The molecule has 0 aromatic heterocycles. The van der Waals surface area contributed by atoms with Crippen molar-refractivity contribution < 1.29 is 0 Å². The zero-order chi connectivity index (χ0) is 10.2. The Bertz CT molecular complexity index is 133. The van der Waals surface area contributed by atoms with Gasteiger partial charge in [-0.25, -0.2) is 0 Å². The number of hydrogen-bond acceptors (Lipinski definition) is 1. The maximum atomic E-state index is 3.61. The summed E-state index contributed by atoms with van der Waals surface area (Å²) < 4.78 is 0. The SMILES string of the molecule is CCCCCCCCC1NCCC1C. The van der Waals surface area contributed by atoms with Crippen molar-refractivity contribution in [1.82, 2.24) is 5.32 Å². The lowest BCUT2D eigenvalue weighted by molar-refractivity contribution is 0.429. The summed E-state index contributed by atoms with van der Waals surface area (Å²) in [6, 6.07) is 0.834. The first kappa shape index (κ1) is 12.0. The third kappa shape index (κ3) is 4.45. The monoisotopic (exact) mass is 197 g/mol. The van der Waals surface area contributed by atoms with Gasteiger partial charge in [0.2, 0.25) is 0 Å². The second kappa shape index (κ2) is 7.28. The highest BCUT2D eigenvalue weighted by molar-refractivity contribution is 4.80. The molecule has 1 aliphatic heterocycles. The molecule has 0 amide bonds. The molecule has 0 aromatic carbocycles. The first-order chi connectivity index (χ1) is 6.84. The molecule has 84 valence electrons. The molecule has 0 radical (unpaired) electrons. The fourth-order valence-electron chi connectivity index (χ4n) is 2.43. The second-order valence-electron chi connectivity index (χ2n) is 4.88. The van der Waals surface area contributed by atoms with Gasteiger partial charge in [0.05, 0.1) is 0 Å². The highest BCUT2D eigenvalue weighted by Gasteiger charge is 2.21. The summed E-state index contributed by atoms with van der Waals surface area (Å²) in [5.41, 5.74) is 0. The molecule has 0 saturated carbocycles. The van der Waals surface area contributed by atoms with Gasteiger partial charge in [-0.15, -0.1) is 0 Å². The van der Waals surface area contributed by atoms with Crippen LogP contribution < -0.4 is 5.32 Å². The van der Waals surface area contributed by atoms with Crippen LogP contribution in [-0.2, 0) is 0 Å². The van der Waals surface area contributed by atoms with Gasteiger partial charge < -0.3 is 5.32 Å². The predicted molar refractivity (Wildman–Crippen MR) is 63.6 cm³/mol. The van der Waals surface area contributed by atoms with E-state index in [0.29, 0.717) is 0 Å². The Morgan fingerprint density at radius 2 is 1.79 bits per heavy atom. The summed E-state index contributed by atoms with van der Waals surface area (Å²) in [5, 5.41) is 3.61. The van der Waals surface area contributed by atoms with Crippen molar-refractivity contribution >= 4 is 0 Å². The van der Waals surface area contributed by atoms with Crippen molar-refractivity contribution in [3.63, 3.8) is 0 Å². The van der Waals surface area contributed by atoms with E-state index in [2.05, 4.69) is 19.2 Å². The molecule has 1 aliphatic rings. The summed E-state index contributed by atoms with van der Waals surface area (Å²) in [6.45, 7) is 5.92. The number of unbranched alkanes of at least 4 members (excludes halogenated alkanes) is 5. The topological polar surface area (TPSA) is 12.0 Å². The molecule has 1 heterocycles. The summed E-state index contributed by atoms with van der Waals surface area (Å²) in [5.74, 6) is 0.922. The van der Waals surface area contributed by atoms with Crippen LogP contribution in [0.15, 0.2) is 0 Å². The Balaban J connectivity index is 1.88. The van der Waals surface area contributed by atoms with Gasteiger partial charge in [0.1, 0.15) is 0 Å². The van der Waals surface area contributed by atoms with Crippen LogP contribution in [0.5, 0.6) is 0 Å². The highest BCUT2D eigenvalue weighted by atomic mass is 14.9. The van der Waals surface area contributed by atoms with Crippen LogP contribution in [-0.4, -0.2) is 12.6 Å². The van der Waals surface area contributed by atoms with Crippen molar-refractivity contribution in [3.8, 4) is 0 Å². The minimum absolute atomic E-state index is 0.834. The summed E-state index contributed by atoms with van der Waals surface area (Å²) >= 11 is 0. The van der Waals surface area contributed by atoms with E-state index in [4.69, 9.17) is 0 Å². The Morgan fingerprint density at radius 1 is 1.07 bits per heavy atom. The molecule has 0 bridgehead atoms. The second-order valence-corrected chi connectivity index (χ2v) is 4.88. The van der Waals surface area contributed by atoms with Gasteiger partial charge in [-0.2, -0.15) is 0 Å². The van der Waals surface area contributed by atoms with E-state index in [9.17, 15) is 0 Å². The lowest BCUT2D eigenvalue weighted by Gasteiger charge is -2.14. The molecule has 2 unspecified atom stereocenters. The van der Waals surface area contributed by atoms with E-state index < -0.39 is 0 Å². The van der Waals surface area contributed by atoms with Crippen LogP contribution in [0.25, 0.3) is 0 Å². The highest BCUT2D eigenvalue weighted by Crippen LogP contribution is 2.19. The molecule has 14 heavy (non-hydrogen) atoms. The average molecular weight is 197 g/mol. The molecule has 1 rings (SSSR count). The minimum atomic E-state index is 0.834. The molecule has 0 spiro atoms. The van der Waals surface area contributed by atoms with Gasteiger partial charge in [-0.1, -0.05) is 52.4 Å². The van der Waals surface area contributed by atoms with Crippen molar-refractivity contribution in [2.75, 3.05) is 6.54 Å². The van der Waals surface area contributed by atoms with E-state index >= 15 is 0 Å².